The molecule has 0 saturated heterocycles. The molecule has 1 saturated carbocycles. The largest absolute Gasteiger partial charge is 0.469 e. The minimum atomic E-state index is -0.438. The summed E-state index contributed by atoms with van der Waals surface area (Å²) in [5.41, 5.74) is 3.61. The standard InChI is InChI=1S/C22H32O3/c1-14(2)15-8-9-17-16(12-15)18(24-5)13-19-21(17,3)10-7-11-22(19,4)20(23)25-6/h8-9,12,14,18-19H,7,10-11,13H2,1-6H3/t18-,19-,21-,22-/m1/s1. The number of esters is 1. The summed E-state index contributed by atoms with van der Waals surface area (Å²) in [7, 11) is 3.30. The van der Waals surface area contributed by atoms with Gasteiger partial charge in [0.1, 0.15) is 0 Å². The Morgan fingerprint density at radius 3 is 2.52 bits per heavy atom. The molecule has 2 aliphatic carbocycles. The number of rotatable bonds is 3. The fraction of sp³-hybridized carbons (Fsp3) is 0.682. The molecule has 4 atom stereocenters. The Hall–Kier alpha value is -1.35. The fourth-order valence-electron chi connectivity index (χ4n) is 5.49. The van der Waals surface area contributed by atoms with Crippen molar-refractivity contribution in [1.29, 1.82) is 0 Å². The van der Waals surface area contributed by atoms with Gasteiger partial charge in [0.25, 0.3) is 0 Å². The van der Waals surface area contributed by atoms with Gasteiger partial charge in [0.05, 0.1) is 18.6 Å². The van der Waals surface area contributed by atoms with Gasteiger partial charge in [0.2, 0.25) is 0 Å². The van der Waals surface area contributed by atoms with Gasteiger partial charge in [-0.1, -0.05) is 45.4 Å². The molecule has 0 N–H and O–H groups in total. The van der Waals surface area contributed by atoms with Crippen molar-refractivity contribution < 1.29 is 14.3 Å². The van der Waals surface area contributed by atoms with E-state index < -0.39 is 5.41 Å². The van der Waals surface area contributed by atoms with E-state index in [9.17, 15) is 4.79 Å². The number of carbonyl (C=O) groups is 1. The van der Waals surface area contributed by atoms with Crippen LogP contribution in [-0.4, -0.2) is 20.2 Å². The van der Waals surface area contributed by atoms with E-state index in [4.69, 9.17) is 9.47 Å². The maximum absolute atomic E-state index is 12.7. The number of ether oxygens (including phenoxy) is 2. The van der Waals surface area contributed by atoms with Gasteiger partial charge in [-0.15, -0.1) is 0 Å². The summed E-state index contributed by atoms with van der Waals surface area (Å²) in [5.74, 6) is 0.670. The summed E-state index contributed by atoms with van der Waals surface area (Å²) in [6, 6.07) is 6.89. The monoisotopic (exact) mass is 344 g/mol. The van der Waals surface area contributed by atoms with Crippen molar-refractivity contribution in [2.45, 2.75) is 70.8 Å². The lowest BCUT2D eigenvalue weighted by molar-refractivity contribution is -0.163. The first-order chi connectivity index (χ1) is 11.8. The molecule has 0 spiro atoms. The Balaban J connectivity index is 2.14. The van der Waals surface area contributed by atoms with Crippen LogP contribution in [0.15, 0.2) is 18.2 Å². The van der Waals surface area contributed by atoms with Crippen LogP contribution in [0.2, 0.25) is 0 Å². The van der Waals surface area contributed by atoms with Gasteiger partial charge in [-0.3, -0.25) is 4.79 Å². The van der Waals surface area contributed by atoms with E-state index >= 15 is 0 Å². The number of benzene rings is 1. The lowest BCUT2D eigenvalue weighted by Crippen LogP contribution is -2.53. The molecule has 0 aromatic heterocycles. The van der Waals surface area contributed by atoms with Gasteiger partial charge in [0.15, 0.2) is 0 Å². The maximum atomic E-state index is 12.7. The fourth-order valence-corrected chi connectivity index (χ4v) is 5.49. The molecule has 25 heavy (non-hydrogen) atoms. The van der Waals surface area contributed by atoms with Crippen LogP contribution >= 0.6 is 0 Å². The molecule has 3 heteroatoms. The average molecular weight is 344 g/mol. The number of hydrogen-bond acceptors (Lipinski definition) is 3. The average Bonchev–Trinajstić information content (AvgIpc) is 2.60. The minimum absolute atomic E-state index is 0.00105. The summed E-state index contributed by atoms with van der Waals surface area (Å²) in [4.78, 5) is 12.7. The molecule has 0 amide bonds. The Bertz CT molecular complexity index is 665. The third-order valence-electron chi connectivity index (χ3n) is 7.02. The van der Waals surface area contributed by atoms with Gasteiger partial charge < -0.3 is 9.47 Å². The Morgan fingerprint density at radius 2 is 1.92 bits per heavy atom. The molecule has 0 aliphatic heterocycles. The van der Waals surface area contributed by atoms with Crippen molar-refractivity contribution in [2.24, 2.45) is 11.3 Å². The minimum Gasteiger partial charge on any atom is -0.469 e. The lowest BCUT2D eigenvalue weighted by Gasteiger charge is -2.55. The zero-order valence-electron chi connectivity index (χ0n) is 16.5. The van der Waals surface area contributed by atoms with Crippen LogP contribution in [0.5, 0.6) is 0 Å². The Kier molecular flexibility index (Phi) is 4.74. The van der Waals surface area contributed by atoms with E-state index in [0.717, 1.165) is 25.7 Å². The van der Waals surface area contributed by atoms with Gasteiger partial charge in [-0.25, -0.2) is 0 Å². The summed E-state index contributed by atoms with van der Waals surface area (Å²) in [5, 5.41) is 0. The molecule has 1 aromatic rings. The van der Waals surface area contributed by atoms with E-state index in [1.165, 1.54) is 23.8 Å². The Labute approximate surface area is 152 Å². The predicted octanol–water partition coefficient (Wildman–Crippen LogP) is 5.14. The van der Waals surface area contributed by atoms with Gasteiger partial charge in [-0.2, -0.15) is 0 Å². The van der Waals surface area contributed by atoms with E-state index in [0.29, 0.717) is 5.92 Å². The van der Waals surface area contributed by atoms with Gasteiger partial charge in [0, 0.05) is 7.11 Å². The van der Waals surface area contributed by atoms with E-state index in [2.05, 4.69) is 45.9 Å². The van der Waals surface area contributed by atoms with Gasteiger partial charge >= 0.3 is 5.97 Å². The van der Waals surface area contributed by atoms with Crippen LogP contribution in [0.25, 0.3) is 0 Å². The van der Waals surface area contributed by atoms with Crippen LogP contribution in [0, 0.1) is 11.3 Å². The summed E-state index contributed by atoms with van der Waals surface area (Å²) in [6.45, 7) is 8.90. The SMILES string of the molecule is COC(=O)[C@]1(C)CCC[C@]2(C)c3ccc(C(C)C)cc3[C@H](OC)C[C@@H]12. The Morgan fingerprint density at radius 1 is 1.20 bits per heavy atom. The highest BCUT2D eigenvalue weighted by Crippen LogP contribution is 2.60. The smallest absolute Gasteiger partial charge is 0.311 e. The molecule has 3 nitrogen and oxygen atoms in total. The van der Waals surface area contributed by atoms with Crippen molar-refractivity contribution in [3.8, 4) is 0 Å². The van der Waals surface area contributed by atoms with Crippen LogP contribution in [0.3, 0.4) is 0 Å². The van der Waals surface area contributed by atoms with Crippen LogP contribution < -0.4 is 0 Å². The number of fused-ring (bicyclic) bond motifs is 3. The second-order valence-electron chi connectivity index (χ2n) is 8.69. The summed E-state index contributed by atoms with van der Waals surface area (Å²) < 4.78 is 11.1. The molecule has 138 valence electrons. The first-order valence-electron chi connectivity index (χ1n) is 9.53. The summed E-state index contributed by atoms with van der Waals surface area (Å²) in [6.07, 6.45) is 4.01. The molecule has 1 fully saturated rings. The quantitative estimate of drug-likeness (QED) is 0.712. The van der Waals surface area contributed by atoms with E-state index in [1.54, 1.807) is 7.11 Å². The van der Waals surface area contributed by atoms with Crippen molar-refractivity contribution in [1.82, 2.24) is 0 Å². The second-order valence-corrected chi connectivity index (χ2v) is 8.69. The molecule has 0 heterocycles. The van der Waals surface area contributed by atoms with Crippen LogP contribution in [-0.2, 0) is 19.7 Å². The first-order valence-corrected chi connectivity index (χ1v) is 9.53. The van der Waals surface area contributed by atoms with Crippen LogP contribution in [0.4, 0.5) is 0 Å². The van der Waals surface area contributed by atoms with Crippen molar-refractivity contribution >= 4 is 5.97 Å². The predicted molar refractivity (Wildman–Crippen MR) is 99.7 cm³/mol. The maximum Gasteiger partial charge on any atom is 0.311 e. The van der Waals surface area contributed by atoms with Crippen molar-refractivity contribution in [2.75, 3.05) is 14.2 Å². The topological polar surface area (TPSA) is 35.5 Å². The number of carbonyl (C=O) groups excluding carboxylic acids is 1. The van der Waals surface area contributed by atoms with E-state index in [1.807, 2.05) is 0 Å². The third kappa shape index (κ3) is 2.71. The van der Waals surface area contributed by atoms with Gasteiger partial charge in [-0.05, 0) is 60.1 Å². The van der Waals surface area contributed by atoms with Crippen molar-refractivity contribution in [3.63, 3.8) is 0 Å². The van der Waals surface area contributed by atoms with Crippen LogP contribution in [0.1, 0.15) is 82.1 Å². The highest BCUT2D eigenvalue weighted by Gasteiger charge is 2.57. The van der Waals surface area contributed by atoms with Crippen molar-refractivity contribution in [3.05, 3.63) is 34.9 Å². The highest BCUT2D eigenvalue weighted by molar-refractivity contribution is 5.77. The zero-order valence-corrected chi connectivity index (χ0v) is 16.5. The first kappa shape index (κ1) is 18.4. The molecule has 3 rings (SSSR count). The molecule has 0 bridgehead atoms. The highest BCUT2D eigenvalue weighted by atomic mass is 16.5. The molecular formula is C22H32O3. The molecule has 0 radical (unpaired) electrons. The van der Waals surface area contributed by atoms with E-state index in [-0.39, 0.29) is 23.4 Å². The second kappa shape index (κ2) is 6.42. The molecule has 2 aliphatic rings. The summed E-state index contributed by atoms with van der Waals surface area (Å²) >= 11 is 0. The third-order valence-corrected chi connectivity index (χ3v) is 7.02. The normalized spacial score (nSPS) is 34.4. The molecule has 1 aromatic carbocycles. The number of methoxy groups -OCH3 is 2. The molecule has 0 unspecified atom stereocenters. The zero-order chi connectivity index (χ0) is 18.4. The lowest BCUT2D eigenvalue weighted by atomic mass is 9.49. The molecular weight excluding hydrogens is 312 g/mol. The number of hydrogen-bond donors (Lipinski definition) is 0.